The number of carboxylic acids is 1. The minimum atomic E-state index is -1.15. The van der Waals surface area contributed by atoms with Crippen LogP contribution in [-0.4, -0.2) is 212 Å². The van der Waals surface area contributed by atoms with Gasteiger partial charge >= 0.3 is 24.0 Å². The number of benzene rings is 7. The number of piperidine rings is 5. The van der Waals surface area contributed by atoms with E-state index in [4.69, 9.17) is 20.3 Å². The number of Topliss-reactive ketones (excluding diaryl/α,β-unsaturated/α-hetero) is 2. The van der Waals surface area contributed by atoms with Gasteiger partial charge in [0.25, 0.3) is 23.6 Å². The van der Waals surface area contributed by atoms with Crippen LogP contribution >= 0.6 is 22.7 Å². The first-order valence-electron chi connectivity index (χ1n) is 52.5. The van der Waals surface area contributed by atoms with Crippen LogP contribution in [0.3, 0.4) is 0 Å². The molecule has 774 valence electrons. The lowest BCUT2D eigenvalue weighted by Gasteiger charge is -2.36. The van der Waals surface area contributed by atoms with Gasteiger partial charge in [0.15, 0.2) is 11.6 Å². The topological polar surface area (TPSA) is 363 Å². The summed E-state index contributed by atoms with van der Waals surface area (Å²) in [5.41, 5.74) is 14.8. The fourth-order valence-electron chi connectivity index (χ4n) is 22.0. The molecule has 0 unspecified atom stereocenters. The van der Waals surface area contributed by atoms with Crippen molar-refractivity contribution in [1.82, 2.24) is 24.9 Å². The maximum absolute atomic E-state index is 13.4. The zero-order chi connectivity index (χ0) is 103. The lowest BCUT2D eigenvalue weighted by atomic mass is 9.88. The number of nitrogens with zero attached hydrogens (tertiary/aromatic N) is 4. The van der Waals surface area contributed by atoms with E-state index < -0.39 is 40.1 Å². The molecule has 0 atom stereocenters. The number of amides is 5. The van der Waals surface area contributed by atoms with Crippen LogP contribution in [0.4, 0.5) is 16.2 Å². The third-order valence-corrected chi connectivity index (χ3v) is 32.5. The number of ketones is 2. The van der Waals surface area contributed by atoms with Gasteiger partial charge in [0.05, 0.1) is 30.9 Å². The number of carbonyl (C=O) groups excluding carboxylic acids is 9. The number of aromatic carboxylic acids is 1. The Labute approximate surface area is 861 Å². The highest BCUT2D eigenvalue weighted by molar-refractivity contribution is 7.13. The van der Waals surface area contributed by atoms with Crippen LogP contribution in [0.25, 0.3) is 20.9 Å². The van der Waals surface area contributed by atoms with E-state index in [9.17, 15) is 68.4 Å². The number of ether oxygens (including phenoxy) is 3. The van der Waals surface area contributed by atoms with E-state index in [0.717, 1.165) is 205 Å². The zero-order valence-corrected chi connectivity index (χ0v) is 86.6. The Kier molecular flexibility index (Phi) is 38.5. The molecule has 4 saturated carbocycles. The Morgan fingerprint density at radius 3 is 0.952 bits per heavy atom. The van der Waals surface area contributed by atoms with E-state index in [-0.39, 0.29) is 60.0 Å². The van der Waals surface area contributed by atoms with E-state index in [1.807, 2.05) is 191 Å². The van der Waals surface area contributed by atoms with Crippen LogP contribution in [0.2, 0.25) is 0 Å². The molecule has 9 aromatic rings. The number of anilines is 2. The molecule has 9 N–H and O–H groups in total. The summed E-state index contributed by atoms with van der Waals surface area (Å²) in [6, 6.07) is 57.9. The Balaban J connectivity index is 0.000000148. The molecule has 5 saturated heterocycles. The van der Waals surface area contributed by atoms with Crippen molar-refractivity contribution in [2.24, 2.45) is 29.6 Å². The lowest BCUT2D eigenvalue weighted by molar-refractivity contribution is -0.152. The van der Waals surface area contributed by atoms with Gasteiger partial charge in [-0.25, -0.2) is 19.2 Å². The number of hydrogen-bond acceptors (Lipinski definition) is 21. The second kappa shape index (κ2) is 51.2. The molecule has 18 rings (SSSR count). The minimum Gasteiger partial charge on any atom is -0.478 e. The van der Waals surface area contributed by atoms with Crippen molar-refractivity contribution < 1.29 is 87.7 Å². The molecule has 2 aromatic heterocycles. The standard InChI is InChI=1S/C35H42N2O5S.C30H34N2O3S.C20H27NO4.C19H25NO4.C14H19NO2/c1-34(2,3)42-33(40)36-29-13-12-27(31-7-6-20-43-31)22-28(29)23-30(38)26-10-8-24(9-11-26)21-25-14-18-37(19-15-25)32(39)35(41)16-4-5-17-35;31-26-10-9-24(28-4-3-17-36-28)19-25(26)20-27(33)23-7-5-21(6-8-23)18-22-11-15-32(16-12-22)29(34)30(35)13-1-2-14-30;1-25-18(22)17-6-4-15(5-7-17)14-16-8-12-21(13-9-16)19(23)20(24)10-2-3-11-20;21-17(22)16-5-3-14(4-6-16)13-15-7-11-20(12-8-15)18(23)19(24)9-1-2-10-19;1-17-14(16)13-4-2-11(3-5-13)10-12-6-8-15-9-7-12/h6-13,20,22,25,41H,4-5,14-19,21,23H2,1-3H3,(H,36,40);3-10,17,19,22,35H,1-2,11-16,18,20,31H2;4-7,16,24H,2-3,8-14H2,1H3;3-6,15,24H,1-2,7-13H2,(H,21,22);2-5,12,15H,6-10H2,1H3. The number of nitrogen functional groups attached to an aromatic ring is 1. The maximum atomic E-state index is 13.4. The second-order valence-corrected chi connectivity index (χ2v) is 44.3. The second-order valence-electron chi connectivity index (χ2n) is 42.5. The minimum absolute atomic E-state index is 0.0289. The number of aliphatic hydroxyl groups is 4. The number of carbonyl (C=O) groups is 10. The average molecular weight is 2020 g/mol. The fraction of sp³-hybridized carbons (Fsp3) is 0.492. The normalized spacial score (nSPS) is 18.5. The first-order chi connectivity index (χ1) is 69.7. The third kappa shape index (κ3) is 30.6. The van der Waals surface area contributed by atoms with Gasteiger partial charge in [0, 0.05) is 97.5 Å². The number of methoxy groups -OCH3 is 2. The molecule has 7 heterocycles. The SMILES string of the molecule is CC(C)(C)OC(=O)Nc1ccc(-c2cccs2)cc1CC(=O)c1ccc(CC2CCN(C(=O)C3(O)CCCC3)CC2)cc1.COC(=O)c1ccc(CC2CCN(C(=O)C3(O)CCCC3)CC2)cc1.COC(=O)c1ccc(CC2CCNCC2)cc1.Nc1ccc(-c2cccs2)cc1CC(=O)c1ccc(CC2CCN(C(=O)C3(O)CCCC3)CC2)cc1.O=C(O)c1ccc(CC2CCN(C(=O)C3(O)CCCC3)CC2)cc1. The zero-order valence-electron chi connectivity index (χ0n) is 85.0. The first kappa shape index (κ1) is 109. The molecule has 145 heavy (non-hydrogen) atoms. The molecule has 0 radical (unpaired) electrons. The average Bonchev–Trinajstić information content (AvgIpc) is 1.67. The molecule has 9 aliphatic rings. The van der Waals surface area contributed by atoms with Crippen molar-refractivity contribution in [1.29, 1.82) is 0 Å². The van der Waals surface area contributed by atoms with Gasteiger partial charge < -0.3 is 70.4 Å². The van der Waals surface area contributed by atoms with Crippen molar-refractivity contribution in [2.45, 2.75) is 261 Å². The van der Waals surface area contributed by atoms with Crippen LogP contribution in [0, 0.1) is 29.6 Å². The smallest absolute Gasteiger partial charge is 0.412 e. The number of rotatable bonds is 26. The van der Waals surface area contributed by atoms with Gasteiger partial charge in [0.2, 0.25) is 0 Å². The summed E-state index contributed by atoms with van der Waals surface area (Å²) < 4.78 is 14.8. The molecule has 9 fully saturated rings. The van der Waals surface area contributed by atoms with Crippen LogP contribution in [-0.2, 0) is 78.3 Å². The number of esters is 2. The fourth-order valence-corrected chi connectivity index (χ4v) is 23.4. The van der Waals surface area contributed by atoms with Crippen molar-refractivity contribution >= 4 is 93.2 Å². The quantitative estimate of drug-likeness (QED) is 0.0108. The van der Waals surface area contributed by atoms with Crippen LogP contribution < -0.4 is 16.4 Å². The van der Waals surface area contributed by atoms with E-state index in [2.05, 4.69) is 33.6 Å². The largest absolute Gasteiger partial charge is 0.478 e. The summed E-state index contributed by atoms with van der Waals surface area (Å²) in [6.07, 6.45) is 26.9. The Morgan fingerprint density at radius 2 is 0.662 bits per heavy atom. The molecule has 7 aromatic carbocycles. The Morgan fingerprint density at radius 1 is 0.379 bits per heavy atom. The molecule has 5 aliphatic heterocycles. The van der Waals surface area contributed by atoms with Crippen LogP contribution in [0.1, 0.15) is 278 Å². The van der Waals surface area contributed by atoms with Crippen LogP contribution in [0.5, 0.6) is 0 Å². The summed E-state index contributed by atoms with van der Waals surface area (Å²) in [4.78, 5) is 133. The van der Waals surface area contributed by atoms with Crippen molar-refractivity contribution in [3.63, 3.8) is 0 Å². The molecule has 4 aliphatic carbocycles. The number of thiophene rings is 2. The summed E-state index contributed by atoms with van der Waals surface area (Å²) >= 11 is 3.30. The van der Waals surface area contributed by atoms with E-state index in [0.29, 0.717) is 153 Å². The summed E-state index contributed by atoms with van der Waals surface area (Å²) in [5.74, 6) is 1.04. The molecular formula is C118H147N7O18S2. The van der Waals surface area contributed by atoms with Gasteiger partial charge in [-0.3, -0.25) is 34.1 Å². The molecular weight excluding hydrogens is 1870 g/mol. The maximum Gasteiger partial charge on any atom is 0.412 e. The highest BCUT2D eigenvalue weighted by Crippen LogP contribution is 2.40. The molecule has 0 bridgehead atoms. The third-order valence-electron chi connectivity index (χ3n) is 30.7. The number of carboxylic acid groups (broad SMARTS) is 1. The van der Waals surface area contributed by atoms with Gasteiger partial charge in [-0.2, -0.15) is 0 Å². The van der Waals surface area contributed by atoms with Crippen molar-refractivity contribution in [3.05, 3.63) is 260 Å². The van der Waals surface area contributed by atoms with Crippen molar-refractivity contribution in [3.8, 4) is 20.9 Å². The van der Waals surface area contributed by atoms with Gasteiger partial charge in [0.1, 0.15) is 28.0 Å². The number of likely N-dealkylation sites (tertiary alicyclic amines) is 4. The molecule has 0 spiro atoms. The molecule has 5 amide bonds. The summed E-state index contributed by atoms with van der Waals surface area (Å²) in [6.45, 7) is 13.4. The summed E-state index contributed by atoms with van der Waals surface area (Å²) in [5, 5.41) is 61.4. The first-order valence-corrected chi connectivity index (χ1v) is 54.2. The van der Waals surface area contributed by atoms with Gasteiger partial charge in [-0.15, -0.1) is 22.7 Å². The van der Waals surface area contributed by atoms with Crippen molar-refractivity contribution in [2.75, 3.05) is 90.7 Å². The highest BCUT2D eigenvalue weighted by atomic mass is 32.1. The number of nitrogens with one attached hydrogen (secondary N) is 2. The Bertz CT molecular complexity index is 5780. The summed E-state index contributed by atoms with van der Waals surface area (Å²) in [7, 11) is 2.79. The number of nitrogens with two attached hydrogens (primary N) is 1. The predicted octanol–water partition coefficient (Wildman–Crippen LogP) is 19.8. The lowest BCUT2D eigenvalue weighted by Crippen LogP contribution is -2.50. The Hall–Kier alpha value is -11.6. The van der Waals surface area contributed by atoms with Gasteiger partial charge in [-0.05, 0) is 396 Å². The van der Waals surface area contributed by atoms with E-state index >= 15 is 0 Å². The number of hydrogen-bond donors (Lipinski definition) is 8. The van der Waals surface area contributed by atoms with Crippen LogP contribution in [0.15, 0.2) is 193 Å². The monoisotopic (exact) mass is 2010 g/mol. The predicted molar refractivity (Wildman–Crippen MR) is 567 cm³/mol. The van der Waals surface area contributed by atoms with E-state index in [1.165, 1.54) is 49.3 Å². The molecule has 27 heteroatoms. The molecule has 25 nitrogen and oxygen atoms in total. The highest BCUT2D eigenvalue weighted by Gasteiger charge is 2.47. The van der Waals surface area contributed by atoms with E-state index in [1.54, 1.807) is 46.9 Å². The van der Waals surface area contributed by atoms with Gasteiger partial charge in [-0.1, -0.05) is 109 Å².